The fourth-order valence-corrected chi connectivity index (χ4v) is 3.15. The fraction of sp³-hybridized carbons (Fsp3) is 0.500. The number of nitrogens with two attached hydrogens (primary N) is 1. The molecule has 1 aromatic rings. The zero-order chi connectivity index (χ0) is 15.3. The van der Waals surface area contributed by atoms with Crippen molar-refractivity contribution >= 4 is 23.1 Å². The van der Waals surface area contributed by atoms with E-state index < -0.39 is 5.54 Å². The third-order valence-corrected chi connectivity index (χ3v) is 4.51. The molecule has 0 atom stereocenters. The number of carbonyl (C=O) groups excluding carboxylic acids is 1. The van der Waals surface area contributed by atoms with Crippen LogP contribution >= 0.6 is 12.2 Å². The molecule has 0 aliphatic heterocycles. The molecule has 2 rings (SSSR count). The van der Waals surface area contributed by atoms with Crippen LogP contribution in [0.25, 0.3) is 0 Å². The van der Waals surface area contributed by atoms with Crippen LogP contribution in [0.15, 0.2) is 24.3 Å². The summed E-state index contributed by atoms with van der Waals surface area (Å²) in [7, 11) is 0. The van der Waals surface area contributed by atoms with Gasteiger partial charge < -0.3 is 11.1 Å². The van der Waals surface area contributed by atoms with Crippen molar-refractivity contribution in [1.29, 1.82) is 0 Å². The predicted octanol–water partition coefficient (Wildman–Crippen LogP) is 2.86. The lowest BCUT2D eigenvalue weighted by Gasteiger charge is -2.33. The van der Waals surface area contributed by atoms with E-state index >= 15 is 0 Å². The Morgan fingerprint density at radius 3 is 2.43 bits per heavy atom. The summed E-state index contributed by atoms with van der Waals surface area (Å²) in [5.41, 5.74) is 5.67. The van der Waals surface area contributed by atoms with Crippen LogP contribution in [0.2, 0.25) is 0 Å². The van der Waals surface area contributed by atoms with E-state index in [0.717, 1.165) is 38.5 Å². The van der Waals surface area contributed by atoms with Gasteiger partial charge in [0.1, 0.15) is 5.82 Å². The minimum absolute atomic E-state index is 0.0109. The van der Waals surface area contributed by atoms with Crippen LogP contribution in [0, 0.1) is 5.82 Å². The van der Waals surface area contributed by atoms with Crippen molar-refractivity contribution in [3.63, 3.8) is 0 Å². The highest BCUT2D eigenvalue weighted by Crippen LogP contribution is 2.27. The molecule has 5 heteroatoms. The van der Waals surface area contributed by atoms with Crippen LogP contribution in [0.3, 0.4) is 0 Å². The van der Waals surface area contributed by atoms with Gasteiger partial charge in [-0.15, -0.1) is 0 Å². The molecule has 1 aliphatic carbocycles. The SMILES string of the molecule is NC(=S)C1(NC(=O)Cc2ccccc2F)CCCCCC1. The highest BCUT2D eigenvalue weighted by atomic mass is 32.1. The molecular formula is C16H21FN2OS. The van der Waals surface area contributed by atoms with E-state index in [2.05, 4.69) is 5.32 Å². The standard InChI is InChI=1S/C16H21FN2OS/c17-13-8-4-3-7-12(13)11-14(20)19-16(15(18)21)9-5-1-2-6-10-16/h3-4,7-8H,1-2,5-6,9-11H2,(H2,18,21)(H,19,20). The molecule has 0 unspecified atom stereocenters. The molecule has 0 radical (unpaired) electrons. The lowest BCUT2D eigenvalue weighted by molar-refractivity contribution is -0.121. The maximum atomic E-state index is 13.6. The van der Waals surface area contributed by atoms with E-state index in [1.165, 1.54) is 6.07 Å². The molecule has 0 heterocycles. The molecule has 1 fully saturated rings. The number of amides is 1. The fourth-order valence-electron chi connectivity index (χ4n) is 2.89. The number of thiocarbonyl (C=S) groups is 1. The zero-order valence-corrected chi connectivity index (χ0v) is 12.8. The second-order valence-corrected chi connectivity index (χ2v) is 6.12. The Morgan fingerprint density at radius 2 is 1.86 bits per heavy atom. The highest BCUT2D eigenvalue weighted by molar-refractivity contribution is 7.80. The first-order valence-electron chi connectivity index (χ1n) is 7.38. The van der Waals surface area contributed by atoms with Crippen molar-refractivity contribution in [2.75, 3.05) is 0 Å². The molecule has 1 saturated carbocycles. The van der Waals surface area contributed by atoms with E-state index in [9.17, 15) is 9.18 Å². The third-order valence-electron chi connectivity index (χ3n) is 4.12. The van der Waals surface area contributed by atoms with Crippen LogP contribution in [0.5, 0.6) is 0 Å². The van der Waals surface area contributed by atoms with Crippen molar-refractivity contribution in [3.05, 3.63) is 35.6 Å². The van der Waals surface area contributed by atoms with Gasteiger partial charge in [0.2, 0.25) is 5.91 Å². The minimum atomic E-state index is -0.603. The molecule has 1 aromatic carbocycles. The van der Waals surface area contributed by atoms with E-state index in [1.54, 1.807) is 18.2 Å². The van der Waals surface area contributed by atoms with Crippen LogP contribution in [-0.4, -0.2) is 16.4 Å². The van der Waals surface area contributed by atoms with Crippen LogP contribution < -0.4 is 11.1 Å². The summed E-state index contributed by atoms with van der Waals surface area (Å²) in [6.07, 6.45) is 5.81. The molecule has 0 aromatic heterocycles. The van der Waals surface area contributed by atoms with E-state index in [1.807, 2.05) is 0 Å². The third kappa shape index (κ3) is 4.00. The zero-order valence-electron chi connectivity index (χ0n) is 12.0. The summed E-state index contributed by atoms with van der Waals surface area (Å²) in [5.74, 6) is -0.590. The second-order valence-electron chi connectivity index (χ2n) is 5.68. The Kier molecular flexibility index (Phi) is 5.28. The molecule has 0 saturated heterocycles. The first-order valence-corrected chi connectivity index (χ1v) is 7.79. The summed E-state index contributed by atoms with van der Waals surface area (Å²) in [6.45, 7) is 0. The molecule has 114 valence electrons. The maximum absolute atomic E-state index is 13.6. The lowest BCUT2D eigenvalue weighted by Crippen LogP contribution is -2.56. The summed E-state index contributed by atoms with van der Waals surface area (Å²) in [5, 5.41) is 2.98. The van der Waals surface area contributed by atoms with Crippen LogP contribution in [0.1, 0.15) is 44.1 Å². The molecule has 0 spiro atoms. The van der Waals surface area contributed by atoms with Gasteiger partial charge in [0.15, 0.2) is 0 Å². The quantitative estimate of drug-likeness (QED) is 0.664. The molecule has 1 amide bonds. The van der Waals surface area contributed by atoms with Crippen molar-refractivity contribution in [2.24, 2.45) is 5.73 Å². The first-order chi connectivity index (χ1) is 10.0. The number of rotatable bonds is 4. The number of benzene rings is 1. The van der Waals surface area contributed by atoms with Gasteiger partial charge in [-0.25, -0.2) is 4.39 Å². The largest absolute Gasteiger partial charge is 0.391 e. The Labute approximate surface area is 130 Å². The van der Waals surface area contributed by atoms with Crippen LogP contribution in [-0.2, 0) is 11.2 Å². The highest BCUT2D eigenvalue weighted by Gasteiger charge is 2.35. The van der Waals surface area contributed by atoms with Gasteiger partial charge in [0.25, 0.3) is 0 Å². The van der Waals surface area contributed by atoms with Gasteiger partial charge in [0, 0.05) is 0 Å². The van der Waals surface area contributed by atoms with Gasteiger partial charge in [-0.05, 0) is 24.5 Å². The van der Waals surface area contributed by atoms with Crippen molar-refractivity contribution in [3.8, 4) is 0 Å². The van der Waals surface area contributed by atoms with E-state index in [4.69, 9.17) is 18.0 Å². The van der Waals surface area contributed by atoms with Gasteiger partial charge in [-0.1, -0.05) is 56.1 Å². The van der Waals surface area contributed by atoms with Crippen molar-refractivity contribution in [2.45, 2.75) is 50.5 Å². The predicted molar refractivity (Wildman–Crippen MR) is 85.5 cm³/mol. The Balaban J connectivity index is 2.08. The summed E-state index contributed by atoms with van der Waals surface area (Å²) in [4.78, 5) is 12.6. The van der Waals surface area contributed by atoms with Gasteiger partial charge in [0.05, 0.1) is 16.9 Å². The second kappa shape index (κ2) is 6.98. The average Bonchev–Trinajstić information content (AvgIpc) is 2.68. The molecule has 21 heavy (non-hydrogen) atoms. The number of halogens is 1. The summed E-state index contributed by atoms with van der Waals surface area (Å²) >= 11 is 5.19. The van der Waals surface area contributed by atoms with Gasteiger partial charge >= 0.3 is 0 Å². The molecule has 0 bridgehead atoms. The van der Waals surface area contributed by atoms with Gasteiger partial charge in [-0.2, -0.15) is 0 Å². The van der Waals surface area contributed by atoms with Crippen molar-refractivity contribution in [1.82, 2.24) is 5.32 Å². The molecule has 3 nitrogen and oxygen atoms in total. The number of hydrogen-bond acceptors (Lipinski definition) is 2. The van der Waals surface area contributed by atoms with Crippen molar-refractivity contribution < 1.29 is 9.18 Å². The average molecular weight is 308 g/mol. The monoisotopic (exact) mass is 308 g/mol. The number of carbonyl (C=O) groups is 1. The Morgan fingerprint density at radius 1 is 1.24 bits per heavy atom. The Hall–Kier alpha value is -1.49. The summed E-state index contributed by atoms with van der Waals surface area (Å²) < 4.78 is 13.6. The van der Waals surface area contributed by atoms with Gasteiger partial charge in [-0.3, -0.25) is 4.79 Å². The molecular weight excluding hydrogens is 287 g/mol. The number of nitrogens with one attached hydrogen (secondary N) is 1. The Bertz CT molecular complexity index is 525. The molecule has 1 aliphatic rings. The minimum Gasteiger partial charge on any atom is -0.391 e. The van der Waals surface area contributed by atoms with Crippen LogP contribution in [0.4, 0.5) is 4.39 Å². The normalized spacial score (nSPS) is 17.8. The number of hydrogen-bond donors (Lipinski definition) is 2. The maximum Gasteiger partial charge on any atom is 0.225 e. The van der Waals surface area contributed by atoms with E-state index in [-0.39, 0.29) is 18.1 Å². The molecule has 3 N–H and O–H groups in total. The smallest absolute Gasteiger partial charge is 0.225 e. The van der Waals surface area contributed by atoms with E-state index in [0.29, 0.717) is 10.6 Å². The first kappa shape index (κ1) is 15.9. The lowest BCUT2D eigenvalue weighted by atomic mass is 9.89. The summed E-state index contributed by atoms with van der Waals surface area (Å²) in [6, 6.07) is 6.31. The topological polar surface area (TPSA) is 55.1 Å².